The molecule has 0 aliphatic carbocycles. The zero-order chi connectivity index (χ0) is 12.7. The lowest BCUT2D eigenvalue weighted by atomic mass is 10.2. The Hall–Kier alpha value is -1.96. The summed E-state index contributed by atoms with van der Waals surface area (Å²) in [4.78, 5) is 0. The molecule has 1 rings (SSSR count). The summed E-state index contributed by atoms with van der Waals surface area (Å²) in [6.07, 6.45) is 9.07. The van der Waals surface area contributed by atoms with Gasteiger partial charge in [-0.25, -0.2) is 0 Å². The van der Waals surface area contributed by atoms with E-state index in [4.69, 9.17) is 5.73 Å². The summed E-state index contributed by atoms with van der Waals surface area (Å²) in [7, 11) is 0. The van der Waals surface area contributed by atoms with E-state index in [1.807, 2.05) is 43.4 Å². The molecule has 0 unspecified atom stereocenters. The van der Waals surface area contributed by atoms with Gasteiger partial charge in [-0.1, -0.05) is 31.7 Å². The maximum Gasteiger partial charge on any atom is 0.0388 e. The fourth-order valence-electron chi connectivity index (χ4n) is 1.37. The van der Waals surface area contributed by atoms with Gasteiger partial charge in [0.15, 0.2) is 0 Å². The summed E-state index contributed by atoms with van der Waals surface area (Å²) in [6.45, 7) is 8.03. The molecule has 90 valence electrons. The highest BCUT2D eigenvalue weighted by Crippen LogP contribution is 2.17. The van der Waals surface area contributed by atoms with Crippen molar-refractivity contribution in [1.29, 1.82) is 0 Å². The molecule has 0 bridgehead atoms. The fraction of sp³-hybridized carbons (Fsp3) is 0.200. The van der Waals surface area contributed by atoms with Gasteiger partial charge in [-0.2, -0.15) is 0 Å². The standard InChI is InChI=1S/C15H20N2/c1-4-5-6-7-8-13(3)17-14-9-10-15(16)12(2)11-14/h5-11,17H,3-4,16H2,1-2H3/b6-5-,8-7-. The van der Waals surface area contributed by atoms with Gasteiger partial charge in [0, 0.05) is 17.1 Å². The Bertz CT molecular complexity index is 442. The Kier molecular flexibility index (Phi) is 5.08. The van der Waals surface area contributed by atoms with Crippen molar-refractivity contribution in [3.8, 4) is 0 Å². The molecule has 0 saturated carbocycles. The van der Waals surface area contributed by atoms with Crippen LogP contribution in [0.4, 0.5) is 11.4 Å². The van der Waals surface area contributed by atoms with Crippen LogP contribution in [0.3, 0.4) is 0 Å². The summed E-state index contributed by atoms with van der Waals surface area (Å²) in [5.74, 6) is 0. The van der Waals surface area contributed by atoms with E-state index in [9.17, 15) is 0 Å². The summed E-state index contributed by atoms with van der Waals surface area (Å²) in [5, 5.41) is 3.22. The van der Waals surface area contributed by atoms with Crippen LogP contribution < -0.4 is 11.1 Å². The molecule has 0 aliphatic rings. The van der Waals surface area contributed by atoms with Gasteiger partial charge in [0.25, 0.3) is 0 Å². The predicted octanol–water partition coefficient (Wildman–Crippen LogP) is 4.03. The number of aryl methyl sites for hydroxylation is 1. The topological polar surface area (TPSA) is 38.0 Å². The van der Waals surface area contributed by atoms with Crippen LogP contribution in [0.1, 0.15) is 18.9 Å². The first kappa shape index (κ1) is 13.1. The Balaban J connectivity index is 2.59. The monoisotopic (exact) mass is 228 g/mol. The lowest BCUT2D eigenvalue weighted by molar-refractivity contribution is 1.22. The van der Waals surface area contributed by atoms with E-state index in [-0.39, 0.29) is 0 Å². The van der Waals surface area contributed by atoms with E-state index in [0.717, 1.165) is 29.1 Å². The second-order valence-corrected chi connectivity index (χ2v) is 3.92. The van der Waals surface area contributed by atoms with E-state index in [1.165, 1.54) is 0 Å². The van der Waals surface area contributed by atoms with Gasteiger partial charge in [0.2, 0.25) is 0 Å². The van der Waals surface area contributed by atoms with Gasteiger partial charge < -0.3 is 11.1 Å². The molecule has 3 N–H and O–H groups in total. The molecule has 2 nitrogen and oxygen atoms in total. The molecule has 0 heterocycles. The Labute approximate surface area is 104 Å². The lowest BCUT2D eigenvalue weighted by Crippen LogP contribution is -1.97. The lowest BCUT2D eigenvalue weighted by Gasteiger charge is -2.08. The average molecular weight is 228 g/mol. The van der Waals surface area contributed by atoms with E-state index in [0.29, 0.717) is 0 Å². The summed E-state index contributed by atoms with van der Waals surface area (Å²) in [6, 6.07) is 5.85. The minimum atomic E-state index is 0.808. The van der Waals surface area contributed by atoms with Crippen LogP contribution in [0.25, 0.3) is 0 Å². The second kappa shape index (κ2) is 6.59. The van der Waals surface area contributed by atoms with Crippen molar-refractivity contribution in [2.75, 3.05) is 11.1 Å². The first-order valence-corrected chi connectivity index (χ1v) is 5.78. The highest BCUT2D eigenvalue weighted by atomic mass is 14.9. The third-order valence-electron chi connectivity index (χ3n) is 2.36. The molecule has 0 spiro atoms. The smallest absolute Gasteiger partial charge is 0.0388 e. The zero-order valence-electron chi connectivity index (χ0n) is 10.5. The summed E-state index contributed by atoms with van der Waals surface area (Å²) < 4.78 is 0. The summed E-state index contributed by atoms with van der Waals surface area (Å²) >= 11 is 0. The maximum absolute atomic E-state index is 5.76. The van der Waals surface area contributed by atoms with Crippen molar-refractivity contribution in [3.63, 3.8) is 0 Å². The van der Waals surface area contributed by atoms with Crippen LogP contribution in [0, 0.1) is 6.92 Å². The molecule has 0 atom stereocenters. The molecule has 0 amide bonds. The van der Waals surface area contributed by atoms with Crippen molar-refractivity contribution in [1.82, 2.24) is 0 Å². The van der Waals surface area contributed by atoms with Crippen LogP contribution in [0.5, 0.6) is 0 Å². The number of allylic oxidation sites excluding steroid dienone is 4. The van der Waals surface area contributed by atoms with Gasteiger partial charge in [-0.3, -0.25) is 0 Å². The Morgan fingerprint density at radius 1 is 1.41 bits per heavy atom. The molecule has 1 aromatic carbocycles. The molecule has 0 radical (unpaired) electrons. The Morgan fingerprint density at radius 2 is 2.18 bits per heavy atom. The molecular formula is C15H20N2. The first-order valence-electron chi connectivity index (χ1n) is 5.78. The number of anilines is 2. The van der Waals surface area contributed by atoms with Gasteiger partial charge >= 0.3 is 0 Å². The number of nitrogens with one attached hydrogen (secondary N) is 1. The molecule has 0 aliphatic heterocycles. The number of hydrogen-bond acceptors (Lipinski definition) is 2. The maximum atomic E-state index is 5.76. The SMILES string of the molecule is C=C(/C=C\C=C/CC)Nc1ccc(N)c(C)c1. The third kappa shape index (κ3) is 4.60. The second-order valence-electron chi connectivity index (χ2n) is 3.92. The highest BCUT2D eigenvalue weighted by Gasteiger charge is 1.96. The van der Waals surface area contributed by atoms with E-state index >= 15 is 0 Å². The van der Waals surface area contributed by atoms with Crippen molar-refractivity contribution in [2.24, 2.45) is 0 Å². The first-order chi connectivity index (χ1) is 8.13. The molecule has 0 fully saturated rings. The van der Waals surface area contributed by atoms with E-state index in [2.05, 4.69) is 24.9 Å². The average Bonchev–Trinajstić information content (AvgIpc) is 2.30. The van der Waals surface area contributed by atoms with E-state index < -0.39 is 0 Å². The summed E-state index contributed by atoms with van der Waals surface area (Å²) in [5.41, 5.74) is 9.50. The van der Waals surface area contributed by atoms with Crippen molar-refractivity contribution < 1.29 is 0 Å². The predicted molar refractivity (Wildman–Crippen MR) is 76.9 cm³/mol. The number of nitrogens with two attached hydrogens (primary N) is 1. The normalized spacial score (nSPS) is 11.2. The largest absolute Gasteiger partial charge is 0.399 e. The van der Waals surface area contributed by atoms with Gasteiger partial charge in [-0.05, 0) is 43.2 Å². The molecule has 1 aromatic rings. The molecular weight excluding hydrogens is 208 g/mol. The van der Waals surface area contributed by atoms with Gasteiger partial charge in [-0.15, -0.1) is 0 Å². The van der Waals surface area contributed by atoms with Crippen LogP contribution in [0.15, 0.2) is 54.8 Å². The molecule has 0 saturated heterocycles. The van der Waals surface area contributed by atoms with Crippen molar-refractivity contribution in [2.45, 2.75) is 20.3 Å². The third-order valence-corrected chi connectivity index (χ3v) is 2.36. The minimum absolute atomic E-state index is 0.808. The van der Waals surface area contributed by atoms with Crippen LogP contribution in [0.2, 0.25) is 0 Å². The molecule has 0 aromatic heterocycles. The van der Waals surface area contributed by atoms with Gasteiger partial charge in [0.1, 0.15) is 0 Å². The molecule has 17 heavy (non-hydrogen) atoms. The molecule has 2 heteroatoms. The zero-order valence-corrected chi connectivity index (χ0v) is 10.5. The Morgan fingerprint density at radius 3 is 2.82 bits per heavy atom. The van der Waals surface area contributed by atoms with Crippen molar-refractivity contribution in [3.05, 3.63) is 60.3 Å². The quantitative estimate of drug-likeness (QED) is 0.590. The van der Waals surface area contributed by atoms with Crippen molar-refractivity contribution >= 4 is 11.4 Å². The van der Waals surface area contributed by atoms with Crippen LogP contribution in [-0.2, 0) is 0 Å². The number of nitrogen functional groups attached to an aromatic ring is 1. The highest BCUT2D eigenvalue weighted by molar-refractivity contribution is 5.59. The minimum Gasteiger partial charge on any atom is -0.399 e. The van der Waals surface area contributed by atoms with E-state index in [1.54, 1.807) is 0 Å². The van der Waals surface area contributed by atoms with Gasteiger partial charge in [0.05, 0.1) is 0 Å². The fourth-order valence-corrected chi connectivity index (χ4v) is 1.37. The number of hydrogen-bond donors (Lipinski definition) is 2. The number of benzene rings is 1. The van der Waals surface area contributed by atoms with Crippen LogP contribution >= 0.6 is 0 Å². The van der Waals surface area contributed by atoms with Crippen LogP contribution in [-0.4, -0.2) is 0 Å². The number of rotatable bonds is 5.